The predicted octanol–water partition coefficient (Wildman–Crippen LogP) is 3.72. The van der Waals surface area contributed by atoms with Crippen LogP contribution in [-0.2, 0) is 19.6 Å². The van der Waals surface area contributed by atoms with Crippen LogP contribution in [0.4, 0.5) is 0 Å². The lowest BCUT2D eigenvalue weighted by molar-refractivity contribution is 0.0728. The molecular weight excluding hydrogens is 328 g/mol. The molecule has 140 valence electrons. The van der Waals surface area contributed by atoms with Crippen molar-refractivity contribution in [1.29, 1.82) is 0 Å². The third-order valence-corrected chi connectivity index (χ3v) is 5.39. The van der Waals surface area contributed by atoms with Gasteiger partial charge in [-0.2, -0.15) is 0 Å². The first-order valence-corrected chi connectivity index (χ1v) is 9.50. The van der Waals surface area contributed by atoms with Crippen LogP contribution >= 0.6 is 0 Å². The molecule has 26 heavy (non-hydrogen) atoms. The Bertz CT molecular complexity index is 711. The summed E-state index contributed by atoms with van der Waals surface area (Å²) in [6.07, 6.45) is 8.40. The average Bonchev–Trinajstić information content (AvgIpc) is 3.53. The Morgan fingerprint density at radius 1 is 1.12 bits per heavy atom. The van der Waals surface area contributed by atoms with Gasteiger partial charge in [-0.1, -0.05) is 38.1 Å². The minimum atomic E-state index is -0.0523. The summed E-state index contributed by atoms with van der Waals surface area (Å²) in [5, 5.41) is 0. The highest BCUT2D eigenvalue weighted by molar-refractivity contribution is 5.47. The summed E-state index contributed by atoms with van der Waals surface area (Å²) in [7, 11) is 0. The van der Waals surface area contributed by atoms with Crippen LogP contribution in [-0.4, -0.2) is 44.7 Å². The minimum Gasteiger partial charge on any atom is -0.491 e. The lowest BCUT2D eigenvalue weighted by Crippen LogP contribution is -2.24. The maximum absolute atomic E-state index is 5.88. The van der Waals surface area contributed by atoms with E-state index in [1.165, 1.54) is 16.7 Å². The van der Waals surface area contributed by atoms with E-state index in [0.717, 1.165) is 25.4 Å². The Balaban J connectivity index is 1.41. The van der Waals surface area contributed by atoms with Gasteiger partial charge in [0.15, 0.2) is 0 Å². The van der Waals surface area contributed by atoms with Crippen molar-refractivity contribution in [3.63, 3.8) is 0 Å². The lowest BCUT2D eigenvalue weighted by Gasteiger charge is -2.31. The predicted molar refractivity (Wildman–Crippen MR) is 101 cm³/mol. The summed E-state index contributed by atoms with van der Waals surface area (Å²) < 4.78 is 22.1. The van der Waals surface area contributed by atoms with E-state index in [-0.39, 0.29) is 17.6 Å². The zero-order valence-corrected chi connectivity index (χ0v) is 15.9. The molecule has 0 N–H and O–H groups in total. The van der Waals surface area contributed by atoms with Crippen molar-refractivity contribution in [3.05, 3.63) is 53.1 Å². The normalized spacial score (nSPS) is 27.2. The molecule has 2 fully saturated rings. The number of epoxide rings is 2. The highest BCUT2D eigenvalue weighted by Gasteiger charge is 2.29. The molecule has 0 amide bonds. The summed E-state index contributed by atoms with van der Waals surface area (Å²) in [4.78, 5) is 0. The van der Waals surface area contributed by atoms with E-state index in [1.54, 1.807) is 0 Å². The second-order valence-corrected chi connectivity index (χ2v) is 7.95. The summed E-state index contributed by atoms with van der Waals surface area (Å²) in [5.74, 6) is 0.918. The number of aryl methyl sites for hydroxylation is 1. The van der Waals surface area contributed by atoms with Gasteiger partial charge in [0.05, 0.1) is 25.9 Å². The topological polar surface area (TPSA) is 43.5 Å². The van der Waals surface area contributed by atoms with Crippen molar-refractivity contribution >= 4 is 0 Å². The third-order valence-electron chi connectivity index (χ3n) is 5.39. The van der Waals surface area contributed by atoms with E-state index < -0.39 is 0 Å². The van der Waals surface area contributed by atoms with Crippen LogP contribution in [0.1, 0.15) is 31.4 Å². The molecule has 2 aliphatic heterocycles. The second kappa shape index (κ2) is 7.18. The average molecular weight is 356 g/mol. The van der Waals surface area contributed by atoms with E-state index in [0.29, 0.717) is 19.3 Å². The maximum atomic E-state index is 5.88. The fourth-order valence-corrected chi connectivity index (χ4v) is 3.52. The van der Waals surface area contributed by atoms with Crippen LogP contribution in [0.15, 0.2) is 42.0 Å². The van der Waals surface area contributed by atoms with Gasteiger partial charge in [-0.25, -0.2) is 0 Å². The van der Waals surface area contributed by atoms with E-state index in [2.05, 4.69) is 57.2 Å². The molecule has 0 spiro atoms. The molecule has 0 aromatic heterocycles. The van der Waals surface area contributed by atoms with E-state index in [9.17, 15) is 0 Å². The Labute approximate surface area is 155 Å². The van der Waals surface area contributed by atoms with Crippen molar-refractivity contribution < 1.29 is 18.9 Å². The van der Waals surface area contributed by atoms with Crippen LogP contribution in [0.5, 0.6) is 5.75 Å². The molecule has 4 rings (SSSR count). The van der Waals surface area contributed by atoms with Crippen LogP contribution in [0, 0.1) is 6.92 Å². The summed E-state index contributed by atoms with van der Waals surface area (Å²) in [6, 6.07) is 6.40. The first kappa shape index (κ1) is 17.8. The highest BCUT2D eigenvalue weighted by Crippen LogP contribution is 2.37. The van der Waals surface area contributed by atoms with Gasteiger partial charge in [0.2, 0.25) is 0 Å². The number of ether oxygens (including phenoxy) is 4. The number of rotatable bonds is 8. The van der Waals surface area contributed by atoms with Crippen LogP contribution in [0.25, 0.3) is 0 Å². The molecule has 1 aliphatic carbocycles. The molecule has 2 saturated heterocycles. The quantitative estimate of drug-likeness (QED) is 0.666. The molecule has 3 atom stereocenters. The third kappa shape index (κ3) is 4.20. The molecule has 1 aromatic rings. The Morgan fingerprint density at radius 2 is 1.85 bits per heavy atom. The second-order valence-electron chi connectivity index (χ2n) is 7.95. The van der Waals surface area contributed by atoms with E-state index >= 15 is 0 Å². The van der Waals surface area contributed by atoms with Gasteiger partial charge in [0.25, 0.3) is 0 Å². The summed E-state index contributed by atoms with van der Waals surface area (Å²) >= 11 is 0. The molecule has 0 saturated carbocycles. The maximum Gasteiger partial charge on any atom is 0.119 e. The lowest BCUT2D eigenvalue weighted by atomic mass is 9.74. The number of allylic oxidation sites excluding steroid dienone is 2. The zero-order chi connectivity index (χ0) is 18.1. The fraction of sp³-hybridized carbons (Fsp3) is 0.545. The van der Waals surface area contributed by atoms with Crippen LogP contribution in [0.3, 0.4) is 0 Å². The minimum absolute atomic E-state index is 0.0523. The van der Waals surface area contributed by atoms with Crippen molar-refractivity contribution in [3.8, 4) is 5.75 Å². The van der Waals surface area contributed by atoms with Crippen molar-refractivity contribution in [1.82, 2.24) is 0 Å². The van der Waals surface area contributed by atoms with Crippen molar-refractivity contribution in [2.75, 3.05) is 26.4 Å². The van der Waals surface area contributed by atoms with Crippen LogP contribution in [0.2, 0.25) is 0 Å². The SMILES string of the molecule is Cc1cc(OCC2CO2)ccc1C(C)(C)C1=CCC(OCC2CO2)C=C1. The molecule has 0 bridgehead atoms. The van der Waals surface area contributed by atoms with Gasteiger partial charge in [0, 0.05) is 5.41 Å². The van der Waals surface area contributed by atoms with E-state index in [4.69, 9.17) is 18.9 Å². The van der Waals surface area contributed by atoms with Gasteiger partial charge in [0.1, 0.15) is 24.6 Å². The zero-order valence-electron chi connectivity index (χ0n) is 15.9. The molecule has 0 radical (unpaired) electrons. The standard InChI is InChI=1S/C22H28O4/c1-15-10-18(24-12-20-14-26-20)8-9-21(15)22(2,3)16-4-6-17(7-5-16)23-11-19-13-25-19/h4-6,8-10,17,19-20H,7,11-14H2,1-3H3. The van der Waals surface area contributed by atoms with Gasteiger partial charge < -0.3 is 18.9 Å². The smallest absolute Gasteiger partial charge is 0.119 e. The van der Waals surface area contributed by atoms with Gasteiger partial charge in [-0.3, -0.25) is 0 Å². The Kier molecular flexibility index (Phi) is 4.91. The van der Waals surface area contributed by atoms with Crippen molar-refractivity contribution in [2.24, 2.45) is 0 Å². The van der Waals surface area contributed by atoms with E-state index in [1.807, 2.05) is 0 Å². The number of hydrogen-bond donors (Lipinski definition) is 0. The van der Waals surface area contributed by atoms with Crippen LogP contribution < -0.4 is 4.74 Å². The Hall–Kier alpha value is -1.62. The Morgan fingerprint density at radius 3 is 2.46 bits per heavy atom. The monoisotopic (exact) mass is 356 g/mol. The largest absolute Gasteiger partial charge is 0.491 e. The fourth-order valence-electron chi connectivity index (χ4n) is 3.52. The molecular formula is C22H28O4. The molecule has 4 nitrogen and oxygen atoms in total. The molecule has 4 heteroatoms. The first-order valence-electron chi connectivity index (χ1n) is 9.50. The molecule has 2 heterocycles. The molecule has 3 unspecified atom stereocenters. The molecule has 1 aromatic carbocycles. The molecule has 3 aliphatic rings. The van der Waals surface area contributed by atoms with Gasteiger partial charge in [-0.05, 0) is 42.2 Å². The van der Waals surface area contributed by atoms with Crippen molar-refractivity contribution in [2.45, 2.75) is 50.9 Å². The number of hydrogen-bond acceptors (Lipinski definition) is 4. The summed E-state index contributed by atoms with van der Waals surface area (Å²) in [6.45, 7) is 9.73. The van der Waals surface area contributed by atoms with Gasteiger partial charge in [-0.15, -0.1) is 0 Å². The van der Waals surface area contributed by atoms with Gasteiger partial charge >= 0.3 is 0 Å². The number of benzene rings is 1. The highest BCUT2D eigenvalue weighted by atomic mass is 16.6. The summed E-state index contributed by atoms with van der Waals surface area (Å²) in [5.41, 5.74) is 3.86. The first-order chi connectivity index (χ1) is 12.5.